The Labute approximate surface area is 149 Å². The Morgan fingerprint density at radius 2 is 2.00 bits per heavy atom. The van der Waals surface area contributed by atoms with Gasteiger partial charge in [-0.15, -0.1) is 0 Å². The van der Waals surface area contributed by atoms with Crippen molar-refractivity contribution in [2.45, 2.75) is 52.1 Å². The molecule has 0 spiro atoms. The van der Waals surface area contributed by atoms with E-state index in [-0.39, 0.29) is 5.91 Å². The number of pyridine rings is 1. The van der Waals surface area contributed by atoms with Crippen LogP contribution in [0.15, 0.2) is 24.5 Å². The zero-order valence-electron chi connectivity index (χ0n) is 15.1. The second kappa shape index (κ2) is 8.25. The summed E-state index contributed by atoms with van der Waals surface area (Å²) < 4.78 is 0. The number of nitrogens with one attached hydrogen (secondary N) is 2. The van der Waals surface area contributed by atoms with Crippen molar-refractivity contribution in [1.29, 1.82) is 0 Å². The third-order valence-corrected chi connectivity index (χ3v) is 5.05. The van der Waals surface area contributed by atoms with Gasteiger partial charge in [0.2, 0.25) is 5.91 Å². The highest BCUT2D eigenvalue weighted by atomic mass is 16.1. The maximum Gasteiger partial charge on any atom is 0.220 e. The lowest BCUT2D eigenvalue weighted by Gasteiger charge is -2.32. The molecule has 1 aliphatic heterocycles. The first-order chi connectivity index (χ1) is 12.1. The molecular formula is C19H27N5O. The van der Waals surface area contributed by atoms with Gasteiger partial charge in [0.05, 0.1) is 5.69 Å². The molecule has 2 aromatic rings. The first kappa shape index (κ1) is 17.6. The van der Waals surface area contributed by atoms with Gasteiger partial charge in [-0.1, -0.05) is 0 Å². The second-order valence-corrected chi connectivity index (χ2v) is 6.89. The molecule has 1 fully saturated rings. The van der Waals surface area contributed by atoms with Crippen LogP contribution >= 0.6 is 0 Å². The van der Waals surface area contributed by atoms with Crippen molar-refractivity contribution in [3.8, 4) is 0 Å². The van der Waals surface area contributed by atoms with Crippen molar-refractivity contribution in [1.82, 2.24) is 25.4 Å². The number of likely N-dealkylation sites (tertiary alicyclic amines) is 1. The third-order valence-electron chi connectivity index (χ3n) is 5.05. The predicted molar refractivity (Wildman–Crippen MR) is 97.1 cm³/mol. The summed E-state index contributed by atoms with van der Waals surface area (Å²) in [5, 5.41) is 10.4. The van der Waals surface area contributed by atoms with E-state index >= 15 is 0 Å². The van der Waals surface area contributed by atoms with E-state index in [9.17, 15) is 4.79 Å². The average Bonchev–Trinajstić information content (AvgIpc) is 2.94. The number of aromatic nitrogens is 3. The highest BCUT2D eigenvalue weighted by Crippen LogP contribution is 2.14. The number of nitrogens with zero attached hydrogens (tertiary/aromatic N) is 3. The number of rotatable bonds is 6. The molecule has 0 aliphatic carbocycles. The summed E-state index contributed by atoms with van der Waals surface area (Å²) in [5.41, 5.74) is 4.54. The number of amides is 1. The van der Waals surface area contributed by atoms with E-state index in [1.807, 2.05) is 26.2 Å². The van der Waals surface area contributed by atoms with Gasteiger partial charge in [-0.25, -0.2) is 0 Å². The fraction of sp³-hybridized carbons (Fsp3) is 0.526. The van der Waals surface area contributed by atoms with Crippen LogP contribution in [-0.4, -0.2) is 45.1 Å². The molecule has 6 heteroatoms. The van der Waals surface area contributed by atoms with E-state index in [1.54, 1.807) is 0 Å². The van der Waals surface area contributed by atoms with Crippen LogP contribution < -0.4 is 5.32 Å². The molecule has 25 heavy (non-hydrogen) atoms. The van der Waals surface area contributed by atoms with Gasteiger partial charge in [-0.05, 0) is 49.9 Å². The van der Waals surface area contributed by atoms with Crippen LogP contribution in [0.4, 0.5) is 0 Å². The maximum absolute atomic E-state index is 12.2. The van der Waals surface area contributed by atoms with Gasteiger partial charge >= 0.3 is 0 Å². The molecule has 2 aromatic heterocycles. The van der Waals surface area contributed by atoms with Gasteiger partial charge in [0.1, 0.15) is 0 Å². The fourth-order valence-electron chi connectivity index (χ4n) is 3.29. The molecule has 0 aromatic carbocycles. The molecule has 6 nitrogen and oxygen atoms in total. The largest absolute Gasteiger partial charge is 0.353 e. The van der Waals surface area contributed by atoms with Gasteiger partial charge in [-0.3, -0.25) is 19.8 Å². The Hall–Kier alpha value is -2.21. The Balaban J connectivity index is 1.38. The molecule has 0 bridgehead atoms. The van der Waals surface area contributed by atoms with Crippen molar-refractivity contribution in [2.75, 3.05) is 13.1 Å². The second-order valence-electron chi connectivity index (χ2n) is 6.89. The van der Waals surface area contributed by atoms with E-state index < -0.39 is 0 Å². The van der Waals surface area contributed by atoms with Crippen LogP contribution in [0.25, 0.3) is 0 Å². The normalized spacial score (nSPS) is 16.1. The summed E-state index contributed by atoms with van der Waals surface area (Å²) in [6.07, 6.45) is 6.90. The molecule has 3 heterocycles. The van der Waals surface area contributed by atoms with Crippen molar-refractivity contribution in [2.24, 2.45) is 0 Å². The average molecular weight is 341 g/mol. The van der Waals surface area contributed by atoms with Crippen molar-refractivity contribution < 1.29 is 4.79 Å². The van der Waals surface area contributed by atoms with Crippen LogP contribution in [-0.2, 0) is 17.8 Å². The number of hydrogen-bond acceptors (Lipinski definition) is 4. The molecule has 2 N–H and O–H groups in total. The SMILES string of the molecule is Cc1[nH]nc(CCC(=O)NC2CCN(Cc3ccncc3)CC2)c1C. The molecular weight excluding hydrogens is 314 g/mol. The lowest BCUT2D eigenvalue weighted by molar-refractivity contribution is -0.122. The molecule has 0 atom stereocenters. The molecule has 1 saturated heterocycles. The van der Waals surface area contributed by atoms with Gasteiger partial charge in [0, 0.05) is 56.6 Å². The minimum absolute atomic E-state index is 0.132. The Bertz CT molecular complexity index is 689. The standard InChI is InChI=1S/C19H27N5O/c1-14-15(2)22-23-18(14)3-4-19(25)21-17-7-11-24(12-8-17)13-16-5-9-20-10-6-16/h5-6,9-10,17H,3-4,7-8,11-13H2,1-2H3,(H,21,25)(H,22,23). The van der Waals surface area contributed by atoms with Crippen molar-refractivity contribution in [3.63, 3.8) is 0 Å². The molecule has 0 saturated carbocycles. The fourth-order valence-corrected chi connectivity index (χ4v) is 3.29. The number of aromatic amines is 1. The number of hydrogen-bond donors (Lipinski definition) is 2. The summed E-state index contributed by atoms with van der Waals surface area (Å²) in [7, 11) is 0. The van der Waals surface area contributed by atoms with Crippen LogP contribution in [0.5, 0.6) is 0 Å². The zero-order valence-corrected chi connectivity index (χ0v) is 15.1. The summed E-state index contributed by atoms with van der Waals surface area (Å²) in [4.78, 5) is 18.7. The number of aryl methyl sites for hydroxylation is 2. The van der Waals surface area contributed by atoms with E-state index in [1.165, 1.54) is 5.56 Å². The number of carbonyl (C=O) groups is 1. The zero-order chi connectivity index (χ0) is 17.6. The molecule has 1 amide bonds. The van der Waals surface area contributed by atoms with E-state index in [2.05, 4.69) is 37.5 Å². The Morgan fingerprint density at radius 1 is 1.28 bits per heavy atom. The smallest absolute Gasteiger partial charge is 0.220 e. The van der Waals surface area contributed by atoms with E-state index in [0.29, 0.717) is 18.9 Å². The molecule has 0 unspecified atom stereocenters. The van der Waals surface area contributed by atoms with Crippen LogP contribution in [0.1, 0.15) is 41.8 Å². The van der Waals surface area contributed by atoms with Crippen molar-refractivity contribution in [3.05, 3.63) is 47.0 Å². The summed E-state index contributed by atoms with van der Waals surface area (Å²) in [5.74, 6) is 0.132. The number of piperidine rings is 1. The Kier molecular flexibility index (Phi) is 5.81. The topological polar surface area (TPSA) is 73.9 Å². The molecule has 0 radical (unpaired) electrons. The summed E-state index contributed by atoms with van der Waals surface area (Å²) in [6.45, 7) is 7.05. The van der Waals surface area contributed by atoms with Gasteiger partial charge < -0.3 is 5.32 Å². The predicted octanol–water partition coefficient (Wildman–Crippen LogP) is 2.13. The minimum atomic E-state index is 0.132. The van der Waals surface area contributed by atoms with E-state index in [0.717, 1.165) is 49.4 Å². The van der Waals surface area contributed by atoms with Gasteiger partial charge in [0.15, 0.2) is 0 Å². The third kappa shape index (κ3) is 4.89. The first-order valence-corrected chi connectivity index (χ1v) is 9.03. The van der Waals surface area contributed by atoms with E-state index in [4.69, 9.17) is 0 Å². The lowest BCUT2D eigenvalue weighted by Crippen LogP contribution is -2.44. The van der Waals surface area contributed by atoms with Crippen molar-refractivity contribution >= 4 is 5.91 Å². The monoisotopic (exact) mass is 341 g/mol. The van der Waals surface area contributed by atoms with Crippen LogP contribution in [0, 0.1) is 13.8 Å². The molecule has 1 aliphatic rings. The van der Waals surface area contributed by atoms with Gasteiger partial charge in [0.25, 0.3) is 0 Å². The Morgan fingerprint density at radius 3 is 2.64 bits per heavy atom. The van der Waals surface area contributed by atoms with Gasteiger partial charge in [-0.2, -0.15) is 5.10 Å². The molecule has 134 valence electrons. The highest BCUT2D eigenvalue weighted by molar-refractivity contribution is 5.76. The minimum Gasteiger partial charge on any atom is -0.353 e. The van der Waals surface area contributed by atoms with Crippen LogP contribution in [0.2, 0.25) is 0 Å². The number of carbonyl (C=O) groups excluding carboxylic acids is 1. The molecule has 3 rings (SSSR count). The lowest BCUT2D eigenvalue weighted by atomic mass is 10.0. The summed E-state index contributed by atoms with van der Waals surface area (Å²) >= 11 is 0. The quantitative estimate of drug-likeness (QED) is 0.844. The summed E-state index contributed by atoms with van der Waals surface area (Å²) in [6, 6.07) is 4.42. The first-order valence-electron chi connectivity index (χ1n) is 9.03. The van der Waals surface area contributed by atoms with Crippen LogP contribution in [0.3, 0.4) is 0 Å². The maximum atomic E-state index is 12.2. The highest BCUT2D eigenvalue weighted by Gasteiger charge is 2.20. The number of H-pyrrole nitrogens is 1.